The average Bonchev–Trinajstić information content (AvgIpc) is 3.26. The van der Waals surface area contributed by atoms with Gasteiger partial charge in [-0.2, -0.15) is 0 Å². The number of aryl methyl sites for hydroxylation is 2. The van der Waals surface area contributed by atoms with Crippen LogP contribution in [0, 0.1) is 6.92 Å². The standard InChI is InChI=1S/C20H25N5O/c1-14-7-6-8-15-11-17(24(2)19(14)15)20(26)21-12-18-23-22-13-25(18)16-9-4-3-5-10-16/h6-8,11,13,16H,3-5,9-10,12H2,1-2H3,(H,21,26). The number of nitrogens with zero attached hydrogens (tertiary/aromatic N) is 4. The van der Waals surface area contributed by atoms with Gasteiger partial charge in [0, 0.05) is 18.5 Å². The number of amides is 1. The molecule has 0 unspecified atom stereocenters. The van der Waals surface area contributed by atoms with E-state index in [1.807, 2.05) is 29.8 Å². The van der Waals surface area contributed by atoms with Crippen LogP contribution in [0.2, 0.25) is 0 Å². The molecule has 1 aliphatic carbocycles. The van der Waals surface area contributed by atoms with Crippen LogP contribution in [0.1, 0.15) is 60.0 Å². The molecule has 2 aromatic heterocycles. The lowest BCUT2D eigenvalue weighted by atomic mass is 9.95. The summed E-state index contributed by atoms with van der Waals surface area (Å²) in [6.45, 7) is 2.46. The number of rotatable bonds is 4. The zero-order valence-electron chi connectivity index (χ0n) is 15.4. The maximum atomic E-state index is 12.7. The van der Waals surface area contributed by atoms with Crippen LogP contribution < -0.4 is 5.32 Å². The fourth-order valence-electron chi connectivity index (χ4n) is 4.15. The number of nitrogens with one attached hydrogen (secondary N) is 1. The molecule has 1 saturated carbocycles. The molecule has 1 aromatic carbocycles. The second-order valence-electron chi connectivity index (χ2n) is 7.23. The number of carbonyl (C=O) groups is 1. The highest BCUT2D eigenvalue weighted by molar-refractivity contribution is 5.99. The molecule has 2 heterocycles. The van der Waals surface area contributed by atoms with Crippen molar-refractivity contribution in [1.29, 1.82) is 0 Å². The minimum absolute atomic E-state index is 0.0821. The highest BCUT2D eigenvalue weighted by Gasteiger charge is 2.20. The van der Waals surface area contributed by atoms with E-state index in [9.17, 15) is 4.79 Å². The van der Waals surface area contributed by atoms with Gasteiger partial charge in [-0.1, -0.05) is 37.5 Å². The number of benzene rings is 1. The SMILES string of the molecule is Cc1cccc2cc(C(=O)NCc3nncn3C3CCCCC3)n(C)c12. The number of hydrogen-bond acceptors (Lipinski definition) is 3. The normalized spacial score (nSPS) is 15.5. The summed E-state index contributed by atoms with van der Waals surface area (Å²) in [4.78, 5) is 12.7. The van der Waals surface area contributed by atoms with E-state index in [1.54, 1.807) is 6.33 Å². The lowest BCUT2D eigenvalue weighted by molar-refractivity contribution is 0.0941. The maximum absolute atomic E-state index is 12.7. The first-order chi connectivity index (χ1) is 12.6. The molecule has 6 heteroatoms. The Labute approximate surface area is 153 Å². The molecule has 6 nitrogen and oxygen atoms in total. The van der Waals surface area contributed by atoms with E-state index >= 15 is 0 Å². The number of fused-ring (bicyclic) bond motifs is 1. The van der Waals surface area contributed by atoms with Crippen molar-refractivity contribution in [2.75, 3.05) is 0 Å². The first-order valence-electron chi connectivity index (χ1n) is 9.37. The van der Waals surface area contributed by atoms with Crippen LogP contribution in [0.4, 0.5) is 0 Å². The second kappa shape index (κ2) is 6.94. The molecule has 26 heavy (non-hydrogen) atoms. The summed E-state index contributed by atoms with van der Waals surface area (Å²) < 4.78 is 4.11. The maximum Gasteiger partial charge on any atom is 0.268 e. The van der Waals surface area contributed by atoms with Crippen LogP contribution in [-0.4, -0.2) is 25.2 Å². The molecule has 0 spiro atoms. The third-order valence-electron chi connectivity index (χ3n) is 5.51. The highest BCUT2D eigenvalue weighted by Crippen LogP contribution is 2.28. The third-order valence-corrected chi connectivity index (χ3v) is 5.51. The van der Waals surface area contributed by atoms with Crippen molar-refractivity contribution in [2.45, 2.75) is 51.6 Å². The summed E-state index contributed by atoms with van der Waals surface area (Å²) in [5.41, 5.74) is 2.93. The minimum atomic E-state index is -0.0821. The van der Waals surface area contributed by atoms with Gasteiger partial charge >= 0.3 is 0 Å². The van der Waals surface area contributed by atoms with E-state index in [2.05, 4.69) is 33.1 Å². The van der Waals surface area contributed by atoms with Gasteiger partial charge in [-0.05, 0) is 31.4 Å². The van der Waals surface area contributed by atoms with Crippen molar-refractivity contribution >= 4 is 16.8 Å². The van der Waals surface area contributed by atoms with Gasteiger partial charge in [-0.15, -0.1) is 10.2 Å². The molecule has 1 aliphatic rings. The third kappa shape index (κ3) is 3.00. The topological polar surface area (TPSA) is 64.7 Å². The van der Waals surface area contributed by atoms with Gasteiger partial charge in [0.1, 0.15) is 12.0 Å². The second-order valence-corrected chi connectivity index (χ2v) is 7.23. The molecule has 1 N–H and O–H groups in total. The van der Waals surface area contributed by atoms with Crippen molar-refractivity contribution < 1.29 is 4.79 Å². The summed E-state index contributed by atoms with van der Waals surface area (Å²) in [7, 11) is 1.94. The smallest absolute Gasteiger partial charge is 0.268 e. The van der Waals surface area contributed by atoms with E-state index in [1.165, 1.54) is 37.7 Å². The van der Waals surface area contributed by atoms with E-state index in [0.29, 0.717) is 18.3 Å². The Morgan fingerprint density at radius 2 is 2.08 bits per heavy atom. The Bertz CT molecular complexity index is 933. The molecule has 0 atom stereocenters. The summed E-state index contributed by atoms with van der Waals surface area (Å²) >= 11 is 0. The number of para-hydroxylation sites is 1. The monoisotopic (exact) mass is 351 g/mol. The summed E-state index contributed by atoms with van der Waals surface area (Å²) in [6.07, 6.45) is 7.96. The fraction of sp³-hybridized carbons (Fsp3) is 0.450. The molecule has 1 amide bonds. The predicted octanol–water partition coefficient (Wildman–Crippen LogP) is 3.51. The fourth-order valence-corrected chi connectivity index (χ4v) is 4.15. The highest BCUT2D eigenvalue weighted by atomic mass is 16.1. The Kier molecular flexibility index (Phi) is 4.49. The molecule has 136 valence electrons. The van der Waals surface area contributed by atoms with Crippen molar-refractivity contribution in [1.82, 2.24) is 24.6 Å². The first kappa shape index (κ1) is 16.8. The van der Waals surface area contributed by atoms with Gasteiger partial charge in [0.25, 0.3) is 5.91 Å². The van der Waals surface area contributed by atoms with Crippen LogP contribution in [0.15, 0.2) is 30.6 Å². The molecule has 0 radical (unpaired) electrons. The van der Waals surface area contributed by atoms with Gasteiger partial charge in [0.2, 0.25) is 0 Å². The van der Waals surface area contributed by atoms with Crippen molar-refractivity contribution in [3.8, 4) is 0 Å². The Morgan fingerprint density at radius 1 is 1.27 bits per heavy atom. The Morgan fingerprint density at radius 3 is 2.85 bits per heavy atom. The van der Waals surface area contributed by atoms with Gasteiger partial charge < -0.3 is 14.5 Å². The lowest BCUT2D eigenvalue weighted by Gasteiger charge is -2.24. The molecule has 4 rings (SSSR count). The lowest BCUT2D eigenvalue weighted by Crippen LogP contribution is -2.27. The zero-order valence-corrected chi connectivity index (χ0v) is 15.4. The summed E-state index contributed by atoms with van der Waals surface area (Å²) in [6, 6.07) is 8.54. The van der Waals surface area contributed by atoms with Crippen molar-refractivity contribution in [2.24, 2.45) is 7.05 Å². The Hall–Kier alpha value is -2.63. The van der Waals surface area contributed by atoms with Crippen LogP contribution in [0.5, 0.6) is 0 Å². The van der Waals surface area contributed by atoms with E-state index in [-0.39, 0.29) is 5.91 Å². The molecule has 0 aliphatic heterocycles. The average molecular weight is 351 g/mol. The minimum Gasteiger partial charge on any atom is -0.343 e. The molecule has 3 aromatic rings. The van der Waals surface area contributed by atoms with Crippen LogP contribution >= 0.6 is 0 Å². The van der Waals surface area contributed by atoms with Crippen LogP contribution in [-0.2, 0) is 13.6 Å². The van der Waals surface area contributed by atoms with Gasteiger partial charge in [0.05, 0.1) is 12.1 Å². The van der Waals surface area contributed by atoms with Gasteiger partial charge in [-0.25, -0.2) is 0 Å². The molecular formula is C20H25N5O. The number of hydrogen-bond donors (Lipinski definition) is 1. The quantitative estimate of drug-likeness (QED) is 0.782. The largest absolute Gasteiger partial charge is 0.343 e. The van der Waals surface area contributed by atoms with E-state index < -0.39 is 0 Å². The summed E-state index contributed by atoms with van der Waals surface area (Å²) in [5, 5.41) is 12.4. The number of aromatic nitrogens is 4. The predicted molar refractivity (Wildman–Crippen MR) is 101 cm³/mol. The molecule has 0 saturated heterocycles. The van der Waals surface area contributed by atoms with Crippen LogP contribution in [0.25, 0.3) is 10.9 Å². The van der Waals surface area contributed by atoms with Crippen LogP contribution in [0.3, 0.4) is 0 Å². The van der Waals surface area contributed by atoms with Gasteiger partial charge in [-0.3, -0.25) is 4.79 Å². The first-order valence-corrected chi connectivity index (χ1v) is 9.37. The zero-order chi connectivity index (χ0) is 18.1. The van der Waals surface area contributed by atoms with E-state index in [0.717, 1.165) is 16.7 Å². The molecule has 1 fully saturated rings. The number of carbonyl (C=O) groups excluding carboxylic acids is 1. The van der Waals surface area contributed by atoms with E-state index in [4.69, 9.17) is 0 Å². The van der Waals surface area contributed by atoms with Gasteiger partial charge in [0.15, 0.2) is 5.82 Å². The molecule has 0 bridgehead atoms. The summed E-state index contributed by atoms with van der Waals surface area (Å²) in [5.74, 6) is 0.751. The van der Waals surface area contributed by atoms with Crippen molar-refractivity contribution in [3.05, 3.63) is 47.7 Å². The van der Waals surface area contributed by atoms with Crippen molar-refractivity contribution in [3.63, 3.8) is 0 Å². The molecular weight excluding hydrogens is 326 g/mol. The Balaban J connectivity index is 1.51.